The predicted octanol–water partition coefficient (Wildman–Crippen LogP) is 1.34. The number of amides is 2. The van der Waals surface area contributed by atoms with Gasteiger partial charge < -0.3 is 20.8 Å². The summed E-state index contributed by atoms with van der Waals surface area (Å²) in [6, 6.07) is 1.91. The van der Waals surface area contributed by atoms with Crippen LogP contribution in [-0.2, 0) is 4.79 Å². The molecule has 2 atom stereocenters. The largest absolute Gasteiger partial charge is 0.459 e. The lowest BCUT2D eigenvalue weighted by Gasteiger charge is -2.25. The molecule has 0 saturated heterocycles. The van der Waals surface area contributed by atoms with Gasteiger partial charge >= 0.3 is 0 Å². The smallest absolute Gasteiger partial charge is 0.287 e. The number of rotatable bonds is 6. The van der Waals surface area contributed by atoms with Crippen molar-refractivity contribution in [3.63, 3.8) is 0 Å². The summed E-state index contributed by atoms with van der Waals surface area (Å²) in [5.74, 6) is 0.264. The molecule has 1 aromatic heterocycles. The lowest BCUT2D eigenvalue weighted by atomic mass is 9.85. The number of carbonyl (C=O) groups excluding carboxylic acids is 2. The van der Waals surface area contributed by atoms with E-state index in [2.05, 4.69) is 10.6 Å². The zero-order valence-electron chi connectivity index (χ0n) is 13.1. The molecule has 0 aliphatic heterocycles. The molecule has 0 aromatic carbocycles. The van der Waals surface area contributed by atoms with E-state index in [1.807, 2.05) is 6.92 Å². The SMILES string of the molecule is Cc1ccoc1C(=O)NCCCNC(=O)C1CCCC(N)C1. The molecule has 2 unspecified atom stereocenters. The van der Waals surface area contributed by atoms with Gasteiger partial charge in [-0.05, 0) is 38.7 Å². The summed E-state index contributed by atoms with van der Waals surface area (Å²) in [5.41, 5.74) is 6.71. The fraction of sp³-hybridized carbons (Fsp3) is 0.625. The van der Waals surface area contributed by atoms with E-state index < -0.39 is 0 Å². The van der Waals surface area contributed by atoms with Gasteiger partial charge in [0.2, 0.25) is 5.91 Å². The minimum atomic E-state index is -0.216. The molecule has 0 bridgehead atoms. The molecule has 1 aromatic rings. The Morgan fingerprint density at radius 3 is 2.77 bits per heavy atom. The molecule has 1 aliphatic rings. The molecule has 22 heavy (non-hydrogen) atoms. The van der Waals surface area contributed by atoms with Crippen LogP contribution in [0, 0.1) is 12.8 Å². The average molecular weight is 307 g/mol. The van der Waals surface area contributed by atoms with Gasteiger partial charge in [0.25, 0.3) is 5.91 Å². The number of nitrogens with one attached hydrogen (secondary N) is 2. The van der Waals surface area contributed by atoms with Crippen LogP contribution in [0.15, 0.2) is 16.7 Å². The molecule has 122 valence electrons. The first-order valence-corrected chi connectivity index (χ1v) is 7.93. The number of furan rings is 1. The highest BCUT2D eigenvalue weighted by Crippen LogP contribution is 2.22. The number of carbonyl (C=O) groups is 2. The van der Waals surface area contributed by atoms with Crippen molar-refractivity contribution in [1.29, 1.82) is 0 Å². The molecule has 1 saturated carbocycles. The zero-order chi connectivity index (χ0) is 15.9. The van der Waals surface area contributed by atoms with Crippen LogP contribution in [0.25, 0.3) is 0 Å². The van der Waals surface area contributed by atoms with E-state index in [9.17, 15) is 9.59 Å². The highest BCUT2D eigenvalue weighted by molar-refractivity contribution is 5.92. The van der Waals surface area contributed by atoms with Gasteiger partial charge in [-0.3, -0.25) is 9.59 Å². The van der Waals surface area contributed by atoms with E-state index in [-0.39, 0.29) is 23.8 Å². The summed E-state index contributed by atoms with van der Waals surface area (Å²) in [6.45, 7) is 2.89. The fourth-order valence-electron chi connectivity index (χ4n) is 2.80. The minimum Gasteiger partial charge on any atom is -0.459 e. The van der Waals surface area contributed by atoms with Crippen LogP contribution >= 0.6 is 0 Å². The van der Waals surface area contributed by atoms with Gasteiger partial charge in [-0.25, -0.2) is 0 Å². The standard InChI is InChI=1S/C16H25N3O3/c1-11-6-9-22-14(11)16(21)19-8-3-7-18-15(20)12-4-2-5-13(17)10-12/h6,9,12-13H,2-5,7-8,10,17H2,1H3,(H,18,20)(H,19,21). The zero-order valence-corrected chi connectivity index (χ0v) is 13.1. The Kier molecular flexibility index (Phi) is 6.00. The summed E-state index contributed by atoms with van der Waals surface area (Å²) in [7, 11) is 0. The van der Waals surface area contributed by atoms with E-state index >= 15 is 0 Å². The van der Waals surface area contributed by atoms with Gasteiger partial charge in [-0.2, -0.15) is 0 Å². The van der Waals surface area contributed by atoms with E-state index in [1.54, 1.807) is 6.07 Å². The Morgan fingerprint density at radius 1 is 1.32 bits per heavy atom. The van der Waals surface area contributed by atoms with Gasteiger partial charge in [0.05, 0.1) is 6.26 Å². The second-order valence-corrected chi connectivity index (χ2v) is 5.96. The van der Waals surface area contributed by atoms with Crippen molar-refractivity contribution < 1.29 is 14.0 Å². The van der Waals surface area contributed by atoms with Gasteiger partial charge in [0.15, 0.2) is 5.76 Å². The Morgan fingerprint density at radius 2 is 2.09 bits per heavy atom. The Bertz CT molecular complexity index is 512. The lowest BCUT2D eigenvalue weighted by Crippen LogP contribution is -2.38. The lowest BCUT2D eigenvalue weighted by molar-refractivity contribution is -0.126. The summed E-state index contributed by atoms with van der Waals surface area (Å²) < 4.78 is 5.12. The van der Waals surface area contributed by atoms with Crippen molar-refractivity contribution in [2.24, 2.45) is 11.7 Å². The van der Waals surface area contributed by atoms with Crippen molar-refractivity contribution in [1.82, 2.24) is 10.6 Å². The van der Waals surface area contributed by atoms with Gasteiger partial charge in [-0.1, -0.05) is 6.42 Å². The summed E-state index contributed by atoms with van der Waals surface area (Å²) >= 11 is 0. The first kappa shape index (κ1) is 16.5. The van der Waals surface area contributed by atoms with Gasteiger partial charge in [0, 0.05) is 30.6 Å². The Balaban J connectivity index is 1.60. The van der Waals surface area contributed by atoms with Crippen LogP contribution < -0.4 is 16.4 Å². The van der Waals surface area contributed by atoms with Gasteiger partial charge in [-0.15, -0.1) is 0 Å². The first-order chi connectivity index (χ1) is 10.6. The van der Waals surface area contributed by atoms with E-state index in [0.717, 1.165) is 31.2 Å². The van der Waals surface area contributed by atoms with Crippen molar-refractivity contribution in [2.45, 2.75) is 45.1 Å². The van der Waals surface area contributed by atoms with E-state index in [1.165, 1.54) is 6.26 Å². The normalized spacial score (nSPS) is 21.4. The van der Waals surface area contributed by atoms with Crippen molar-refractivity contribution in [2.75, 3.05) is 13.1 Å². The minimum absolute atomic E-state index is 0.0455. The molecular formula is C16H25N3O3. The van der Waals surface area contributed by atoms with Crippen molar-refractivity contribution in [3.8, 4) is 0 Å². The fourth-order valence-corrected chi connectivity index (χ4v) is 2.80. The van der Waals surface area contributed by atoms with Crippen LogP contribution in [0.5, 0.6) is 0 Å². The Labute approximate surface area is 130 Å². The van der Waals surface area contributed by atoms with E-state index in [4.69, 9.17) is 10.2 Å². The molecule has 4 N–H and O–H groups in total. The summed E-state index contributed by atoms with van der Waals surface area (Å²) in [6.07, 6.45) is 5.93. The molecule has 1 fully saturated rings. The molecule has 0 radical (unpaired) electrons. The molecule has 1 heterocycles. The summed E-state index contributed by atoms with van der Waals surface area (Å²) in [4.78, 5) is 23.8. The third kappa shape index (κ3) is 4.59. The van der Waals surface area contributed by atoms with Crippen LogP contribution in [0.4, 0.5) is 0 Å². The van der Waals surface area contributed by atoms with Crippen LogP contribution in [0.3, 0.4) is 0 Å². The molecule has 6 heteroatoms. The number of hydrogen-bond acceptors (Lipinski definition) is 4. The number of hydrogen-bond donors (Lipinski definition) is 3. The molecule has 2 amide bonds. The molecule has 0 spiro atoms. The van der Waals surface area contributed by atoms with E-state index in [0.29, 0.717) is 25.3 Å². The van der Waals surface area contributed by atoms with Crippen LogP contribution in [0.2, 0.25) is 0 Å². The van der Waals surface area contributed by atoms with Crippen LogP contribution in [-0.4, -0.2) is 30.9 Å². The predicted molar refractivity (Wildman–Crippen MR) is 83.3 cm³/mol. The first-order valence-electron chi connectivity index (χ1n) is 7.93. The third-order valence-corrected chi connectivity index (χ3v) is 4.09. The average Bonchev–Trinajstić information content (AvgIpc) is 2.92. The molecular weight excluding hydrogens is 282 g/mol. The number of aryl methyl sites for hydroxylation is 1. The highest BCUT2D eigenvalue weighted by atomic mass is 16.3. The van der Waals surface area contributed by atoms with Crippen molar-refractivity contribution >= 4 is 11.8 Å². The van der Waals surface area contributed by atoms with Crippen molar-refractivity contribution in [3.05, 3.63) is 23.7 Å². The maximum Gasteiger partial charge on any atom is 0.287 e. The third-order valence-electron chi connectivity index (χ3n) is 4.09. The second-order valence-electron chi connectivity index (χ2n) is 5.96. The number of nitrogens with two attached hydrogens (primary N) is 1. The quantitative estimate of drug-likeness (QED) is 0.691. The molecule has 6 nitrogen and oxygen atoms in total. The molecule has 1 aliphatic carbocycles. The molecule has 2 rings (SSSR count). The second kappa shape index (κ2) is 7.98. The van der Waals surface area contributed by atoms with Gasteiger partial charge in [0.1, 0.15) is 0 Å². The highest BCUT2D eigenvalue weighted by Gasteiger charge is 2.24. The van der Waals surface area contributed by atoms with Crippen LogP contribution in [0.1, 0.15) is 48.2 Å². The topological polar surface area (TPSA) is 97.4 Å². The maximum absolute atomic E-state index is 12.0. The maximum atomic E-state index is 12.0. The summed E-state index contributed by atoms with van der Waals surface area (Å²) in [5, 5.41) is 5.71. The Hall–Kier alpha value is -1.82. The monoisotopic (exact) mass is 307 g/mol.